The lowest BCUT2D eigenvalue weighted by Gasteiger charge is -1.82. The van der Waals surface area contributed by atoms with E-state index in [1.165, 1.54) is 12.4 Å². The topological polar surface area (TPSA) is 129 Å². The summed E-state index contributed by atoms with van der Waals surface area (Å²) >= 11 is 0. The van der Waals surface area contributed by atoms with E-state index in [9.17, 15) is 0 Å². The van der Waals surface area contributed by atoms with Crippen LogP contribution in [0.4, 0.5) is 0 Å². The Hall–Kier alpha value is -0.950. The molecule has 8 nitrogen and oxygen atoms in total. The molecule has 0 aliphatic carbocycles. The molecule has 0 amide bonds. The summed E-state index contributed by atoms with van der Waals surface area (Å²) in [4.78, 5) is 22.1. The normalized spacial score (nSPS) is 10.1. The number of phosphoric acid groups is 1. The number of hydrogen-bond acceptors (Lipinski definition) is 4. The number of rotatable bonds is 0. The van der Waals surface area contributed by atoms with Crippen LogP contribution in [0.3, 0.4) is 0 Å². The van der Waals surface area contributed by atoms with Gasteiger partial charge in [-0.05, 0) is 4.96 Å². The van der Waals surface area contributed by atoms with E-state index < -0.39 is 7.82 Å². The predicted molar refractivity (Wildman–Crippen MR) is 31.5 cm³/mol. The van der Waals surface area contributed by atoms with Crippen LogP contribution in [0.1, 0.15) is 0 Å². The van der Waals surface area contributed by atoms with Crippen molar-refractivity contribution in [3.05, 3.63) is 12.4 Å². The summed E-state index contributed by atoms with van der Waals surface area (Å²) in [6, 6.07) is 0. The van der Waals surface area contributed by atoms with Crippen molar-refractivity contribution in [3.63, 3.8) is 0 Å². The van der Waals surface area contributed by atoms with Gasteiger partial charge >= 0.3 is 7.82 Å². The highest BCUT2D eigenvalue weighted by molar-refractivity contribution is 7.45. The third-order valence-electron chi connectivity index (χ3n) is 0.407. The van der Waals surface area contributed by atoms with Crippen molar-refractivity contribution in [1.82, 2.24) is 15.2 Å². The van der Waals surface area contributed by atoms with Gasteiger partial charge in [-0.3, -0.25) is 0 Å². The van der Waals surface area contributed by atoms with Gasteiger partial charge in [0.05, 0.1) is 12.4 Å². The molecule has 4 N–H and O–H groups in total. The fourth-order valence-electron chi connectivity index (χ4n) is 0.209. The Kier molecular flexibility index (Phi) is 3.69. The summed E-state index contributed by atoms with van der Waals surface area (Å²) in [7, 11) is -4.64. The maximum atomic E-state index is 8.88. The molecule has 0 aromatic carbocycles. The van der Waals surface area contributed by atoms with Crippen LogP contribution in [-0.4, -0.2) is 35.0 Å². The van der Waals surface area contributed by atoms with Crippen LogP contribution in [0.5, 0.6) is 0 Å². The molecular formula is C2H6N3O5P. The average Bonchev–Trinajstić information content (AvgIpc) is 2.12. The van der Waals surface area contributed by atoms with E-state index in [2.05, 4.69) is 10.2 Å². The lowest BCUT2D eigenvalue weighted by molar-refractivity contribution is 0.111. The Morgan fingerprint density at radius 2 is 1.45 bits per heavy atom. The van der Waals surface area contributed by atoms with E-state index in [0.29, 0.717) is 4.96 Å². The first-order chi connectivity index (χ1) is 4.89. The summed E-state index contributed by atoms with van der Waals surface area (Å²) in [5.74, 6) is 0. The van der Waals surface area contributed by atoms with Crippen molar-refractivity contribution in [3.8, 4) is 0 Å². The van der Waals surface area contributed by atoms with Crippen molar-refractivity contribution in [2.75, 3.05) is 0 Å². The Morgan fingerprint density at radius 3 is 1.55 bits per heavy atom. The fraction of sp³-hybridized carbons (Fsp3) is 0. The second-order valence-corrected chi connectivity index (χ2v) is 2.34. The van der Waals surface area contributed by atoms with Crippen molar-refractivity contribution in [2.45, 2.75) is 0 Å². The van der Waals surface area contributed by atoms with Crippen LogP contribution in [0, 0.1) is 0 Å². The van der Waals surface area contributed by atoms with E-state index in [0.717, 1.165) is 0 Å². The van der Waals surface area contributed by atoms with Gasteiger partial charge in [0, 0.05) is 0 Å². The van der Waals surface area contributed by atoms with Gasteiger partial charge < -0.3 is 19.9 Å². The molecule has 0 saturated carbocycles. The van der Waals surface area contributed by atoms with Gasteiger partial charge in [0.25, 0.3) is 0 Å². The van der Waals surface area contributed by atoms with Gasteiger partial charge in [0.2, 0.25) is 0 Å². The molecule has 0 unspecified atom stereocenters. The first kappa shape index (κ1) is 10.0. The summed E-state index contributed by atoms with van der Waals surface area (Å²) in [5, 5.41) is 14.7. The molecule has 0 aliphatic rings. The van der Waals surface area contributed by atoms with Crippen molar-refractivity contribution in [1.29, 1.82) is 0 Å². The summed E-state index contributed by atoms with van der Waals surface area (Å²) in [6.45, 7) is 0. The Bertz CT molecular complexity index is 220. The van der Waals surface area contributed by atoms with Gasteiger partial charge in [-0.15, -0.1) is 10.2 Å². The minimum Gasteiger partial charge on any atom is -0.396 e. The molecule has 1 aromatic rings. The zero-order chi connectivity index (χ0) is 8.91. The van der Waals surface area contributed by atoms with Gasteiger partial charge in [0.1, 0.15) is 0 Å². The van der Waals surface area contributed by atoms with Crippen molar-refractivity contribution in [2.24, 2.45) is 0 Å². The molecule has 0 fully saturated rings. The quantitative estimate of drug-likeness (QED) is 0.287. The first-order valence-electron chi connectivity index (χ1n) is 2.23. The largest absolute Gasteiger partial charge is 0.466 e. The average molecular weight is 183 g/mol. The SMILES string of the molecule is O=P(O)(O)O.On1nccn1. The molecule has 0 bridgehead atoms. The number of nitrogens with zero attached hydrogens (tertiary/aromatic N) is 3. The van der Waals surface area contributed by atoms with E-state index in [4.69, 9.17) is 24.5 Å². The monoisotopic (exact) mass is 183 g/mol. The zero-order valence-electron chi connectivity index (χ0n) is 5.14. The molecule has 0 spiro atoms. The fourth-order valence-corrected chi connectivity index (χ4v) is 0.209. The van der Waals surface area contributed by atoms with Crippen LogP contribution in [0.2, 0.25) is 0 Å². The molecule has 0 atom stereocenters. The molecule has 11 heavy (non-hydrogen) atoms. The summed E-state index contributed by atoms with van der Waals surface area (Å²) in [6.07, 6.45) is 2.78. The van der Waals surface area contributed by atoms with E-state index in [1.54, 1.807) is 0 Å². The lowest BCUT2D eigenvalue weighted by atomic mass is 11.0. The van der Waals surface area contributed by atoms with Crippen LogP contribution < -0.4 is 0 Å². The van der Waals surface area contributed by atoms with Crippen molar-refractivity contribution < 1.29 is 24.5 Å². The highest BCUT2D eigenvalue weighted by Crippen LogP contribution is 2.25. The second kappa shape index (κ2) is 4.04. The molecule has 0 aliphatic heterocycles. The zero-order valence-corrected chi connectivity index (χ0v) is 6.04. The van der Waals surface area contributed by atoms with E-state index >= 15 is 0 Å². The molecule has 1 rings (SSSR count). The van der Waals surface area contributed by atoms with Gasteiger partial charge in [-0.1, -0.05) is 0 Å². The highest BCUT2D eigenvalue weighted by atomic mass is 31.2. The van der Waals surface area contributed by atoms with Crippen LogP contribution in [0.25, 0.3) is 0 Å². The maximum Gasteiger partial charge on any atom is 0.466 e. The Balaban J connectivity index is 0.000000187. The smallest absolute Gasteiger partial charge is 0.396 e. The minimum absolute atomic E-state index is 0.500. The van der Waals surface area contributed by atoms with Crippen molar-refractivity contribution >= 4 is 7.82 Å². The number of hydrogen-bond donors (Lipinski definition) is 4. The van der Waals surface area contributed by atoms with Crippen LogP contribution in [0.15, 0.2) is 12.4 Å². The minimum atomic E-state index is -4.64. The van der Waals surface area contributed by atoms with E-state index in [1.807, 2.05) is 0 Å². The van der Waals surface area contributed by atoms with Crippen LogP contribution >= 0.6 is 7.82 Å². The predicted octanol–water partition coefficient (Wildman–Crippen LogP) is -1.41. The molecule has 0 saturated heterocycles. The third kappa shape index (κ3) is 12.3. The molecule has 1 heterocycles. The Morgan fingerprint density at radius 1 is 1.18 bits per heavy atom. The van der Waals surface area contributed by atoms with Gasteiger partial charge in [-0.2, -0.15) is 0 Å². The standard InChI is InChI=1S/C2H3N3O.H3O4P/c6-5-3-1-2-4-5;1-5(2,3)4/h1-2,6H;(H3,1,2,3,4). The molecule has 0 radical (unpaired) electrons. The maximum absolute atomic E-state index is 8.88. The lowest BCUT2D eigenvalue weighted by Crippen LogP contribution is -1.92. The Labute approximate surface area is 60.9 Å². The van der Waals surface area contributed by atoms with E-state index in [-0.39, 0.29) is 0 Å². The first-order valence-corrected chi connectivity index (χ1v) is 3.80. The molecule has 9 heteroatoms. The van der Waals surface area contributed by atoms with Gasteiger partial charge in [0.15, 0.2) is 0 Å². The third-order valence-corrected chi connectivity index (χ3v) is 0.407. The van der Waals surface area contributed by atoms with Gasteiger partial charge in [-0.25, -0.2) is 4.57 Å². The molecule has 64 valence electrons. The highest BCUT2D eigenvalue weighted by Gasteiger charge is 2.00. The molecule has 1 aromatic heterocycles. The number of aromatic nitrogens is 3. The summed E-state index contributed by atoms with van der Waals surface area (Å²) in [5.41, 5.74) is 0. The van der Waals surface area contributed by atoms with Crippen LogP contribution in [-0.2, 0) is 4.57 Å². The molecular weight excluding hydrogens is 177 g/mol. The second-order valence-electron chi connectivity index (χ2n) is 1.31. The summed E-state index contributed by atoms with van der Waals surface area (Å²) < 4.78 is 8.88.